The number of carbonyl (C=O) groups is 2. The van der Waals surface area contributed by atoms with E-state index in [2.05, 4.69) is 41.8 Å². The molecule has 122 valence electrons. The molecule has 0 atom stereocenters. The SMILES string of the molecule is CNC(=O)c1ccsc1NC(=O)CCCSc1ccc(C)cc1. The fourth-order valence-electron chi connectivity index (χ4n) is 1.97. The van der Waals surface area contributed by atoms with Gasteiger partial charge in [-0.15, -0.1) is 23.1 Å². The largest absolute Gasteiger partial charge is 0.355 e. The lowest BCUT2D eigenvalue weighted by Gasteiger charge is -2.06. The van der Waals surface area contributed by atoms with E-state index in [0.29, 0.717) is 17.0 Å². The van der Waals surface area contributed by atoms with Gasteiger partial charge < -0.3 is 10.6 Å². The van der Waals surface area contributed by atoms with Crippen LogP contribution in [0.3, 0.4) is 0 Å². The third kappa shape index (κ3) is 5.41. The fourth-order valence-corrected chi connectivity index (χ4v) is 3.62. The predicted octanol–water partition coefficient (Wildman–Crippen LogP) is 3.93. The van der Waals surface area contributed by atoms with Crippen molar-refractivity contribution in [1.29, 1.82) is 0 Å². The lowest BCUT2D eigenvalue weighted by Crippen LogP contribution is -2.20. The summed E-state index contributed by atoms with van der Waals surface area (Å²) in [6.07, 6.45) is 1.25. The van der Waals surface area contributed by atoms with Crippen LogP contribution >= 0.6 is 23.1 Å². The molecule has 6 heteroatoms. The van der Waals surface area contributed by atoms with E-state index < -0.39 is 0 Å². The molecule has 0 spiro atoms. The molecule has 0 bridgehead atoms. The van der Waals surface area contributed by atoms with E-state index in [1.54, 1.807) is 30.3 Å². The van der Waals surface area contributed by atoms with E-state index >= 15 is 0 Å². The van der Waals surface area contributed by atoms with Gasteiger partial charge in [-0.05, 0) is 42.7 Å². The molecular weight excluding hydrogens is 328 g/mol. The van der Waals surface area contributed by atoms with Gasteiger partial charge in [-0.1, -0.05) is 17.7 Å². The first-order valence-corrected chi connectivity index (χ1v) is 9.25. The van der Waals surface area contributed by atoms with Crippen LogP contribution in [0.25, 0.3) is 0 Å². The maximum atomic E-state index is 12.0. The molecule has 23 heavy (non-hydrogen) atoms. The third-order valence-corrected chi connectivity index (χ3v) is 5.16. The standard InChI is InChI=1S/C17H20N2O2S2/c1-12-5-7-13(8-6-12)22-10-3-4-15(20)19-17-14(9-11-23-17)16(21)18-2/h5-9,11H,3-4,10H2,1-2H3,(H,18,21)(H,19,20). The molecule has 0 fully saturated rings. The van der Waals surface area contributed by atoms with E-state index in [1.807, 2.05) is 0 Å². The van der Waals surface area contributed by atoms with Crippen LogP contribution in [0.4, 0.5) is 5.00 Å². The molecule has 0 radical (unpaired) electrons. The van der Waals surface area contributed by atoms with Crippen molar-refractivity contribution < 1.29 is 9.59 Å². The van der Waals surface area contributed by atoms with Crippen molar-refractivity contribution in [3.63, 3.8) is 0 Å². The molecule has 0 aliphatic rings. The minimum absolute atomic E-state index is 0.0536. The molecule has 4 nitrogen and oxygen atoms in total. The smallest absolute Gasteiger partial charge is 0.254 e. The number of hydrogen-bond acceptors (Lipinski definition) is 4. The number of aryl methyl sites for hydroxylation is 1. The van der Waals surface area contributed by atoms with Crippen molar-refractivity contribution >= 4 is 39.9 Å². The first-order valence-electron chi connectivity index (χ1n) is 7.39. The lowest BCUT2D eigenvalue weighted by molar-refractivity contribution is -0.116. The number of amides is 2. The average Bonchev–Trinajstić information content (AvgIpc) is 3.00. The summed E-state index contributed by atoms with van der Waals surface area (Å²) in [5.74, 6) is 0.655. The van der Waals surface area contributed by atoms with E-state index in [9.17, 15) is 9.59 Å². The van der Waals surface area contributed by atoms with Crippen LogP contribution in [0.5, 0.6) is 0 Å². The van der Waals surface area contributed by atoms with Crippen LogP contribution in [-0.4, -0.2) is 24.6 Å². The van der Waals surface area contributed by atoms with Crippen LogP contribution in [0, 0.1) is 6.92 Å². The highest BCUT2D eigenvalue weighted by atomic mass is 32.2. The Morgan fingerprint density at radius 3 is 2.61 bits per heavy atom. The number of nitrogens with one attached hydrogen (secondary N) is 2. The Hall–Kier alpha value is -1.79. The maximum Gasteiger partial charge on any atom is 0.254 e. The van der Waals surface area contributed by atoms with Crippen molar-refractivity contribution in [1.82, 2.24) is 5.32 Å². The molecule has 0 unspecified atom stereocenters. The number of hydrogen-bond donors (Lipinski definition) is 2. The Balaban J connectivity index is 1.74. The van der Waals surface area contributed by atoms with Crippen LogP contribution in [0.2, 0.25) is 0 Å². The Morgan fingerprint density at radius 1 is 1.17 bits per heavy atom. The highest BCUT2D eigenvalue weighted by Crippen LogP contribution is 2.24. The van der Waals surface area contributed by atoms with Gasteiger partial charge in [-0.25, -0.2) is 0 Å². The molecule has 1 heterocycles. The molecular formula is C17H20N2O2S2. The number of thioether (sulfide) groups is 1. The predicted molar refractivity (Wildman–Crippen MR) is 97.5 cm³/mol. The number of carbonyl (C=O) groups excluding carboxylic acids is 2. The first kappa shape index (κ1) is 17.6. The summed E-state index contributed by atoms with van der Waals surface area (Å²) >= 11 is 3.11. The summed E-state index contributed by atoms with van der Waals surface area (Å²) < 4.78 is 0. The second-order valence-electron chi connectivity index (χ2n) is 5.06. The Morgan fingerprint density at radius 2 is 1.91 bits per heavy atom. The lowest BCUT2D eigenvalue weighted by atomic mass is 10.2. The van der Waals surface area contributed by atoms with E-state index in [4.69, 9.17) is 0 Å². The number of benzene rings is 1. The van der Waals surface area contributed by atoms with Crippen molar-refractivity contribution in [2.24, 2.45) is 0 Å². The topological polar surface area (TPSA) is 58.2 Å². The van der Waals surface area contributed by atoms with E-state index in [0.717, 1.165) is 12.2 Å². The highest BCUT2D eigenvalue weighted by molar-refractivity contribution is 7.99. The van der Waals surface area contributed by atoms with Gasteiger partial charge in [0.2, 0.25) is 5.91 Å². The molecule has 2 rings (SSSR count). The summed E-state index contributed by atoms with van der Waals surface area (Å²) in [5.41, 5.74) is 1.76. The summed E-state index contributed by atoms with van der Waals surface area (Å²) in [6.45, 7) is 2.07. The monoisotopic (exact) mass is 348 g/mol. The van der Waals surface area contributed by atoms with Gasteiger partial charge in [0.25, 0.3) is 5.91 Å². The molecule has 1 aromatic heterocycles. The Labute approximate surface area is 144 Å². The average molecular weight is 348 g/mol. The molecule has 0 aliphatic carbocycles. The van der Waals surface area contributed by atoms with Crippen molar-refractivity contribution in [3.05, 3.63) is 46.8 Å². The van der Waals surface area contributed by atoms with Gasteiger partial charge in [-0.2, -0.15) is 0 Å². The summed E-state index contributed by atoms with van der Waals surface area (Å²) in [4.78, 5) is 24.9. The molecule has 1 aromatic carbocycles. The molecule has 0 aliphatic heterocycles. The summed E-state index contributed by atoms with van der Waals surface area (Å²) in [5, 5.41) is 7.80. The van der Waals surface area contributed by atoms with E-state index in [1.165, 1.54) is 21.8 Å². The van der Waals surface area contributed by atoms with E-state index in [-0.39, 0.29) is 11.8 Å². The van der Waals surface area contributed by atoms with Gasteiger partial charge in [0.15, 0.2) is 0 Å². The number of anilines is 1. The minimum Gasteiger partial charge on any atom is -0.355 e. The van der Waals surface area contributed by atoms with Gasteiger partial charge >= 0.3 is 0 Å². The zero-order valence-electron chi connectivity index (χ0n) is 13.2. The van der Waals surface area contributed by atoms with Crippen LogP contribution in [0.15, 0.2) is 40.6 Å². The number of rotatable bonds is 7. The molecule has 2 N–H and O–H groups in total. The second-order valence-corrected chi connectivity index (χ2v) is 7.14. The molecule has 2 amide bonds. The van der Waals surface area contributed by atoms with Crippen molar-refractivity contribution in [3.8, 4) is 0 Å². The van der Waals surface area contributed by atoms with Gasteiger partial charge in [0, 0.05) is 18.4 Å². The van der Waals surface area contributed by atoms with Crippen LogP contribution < -0.4 is 10.6 Å². The zero-order valence-corrected chi connectivity index (χ0v) is 14.9. The minimum atomic E-state index is -0.184. The summed E-state index contributed by atoms with van der Waals surface area (Å²) in [6, 6.07) is 10.1. The van der Waals surface area contributed by atoms with Crippen molar-refractivity contribution in [2.45, 2.75) is 24.7 Å². The Bertz CT molecular complexity index is 665. The van der Waals surface area contributed by atoms with Crippen LogP contribution in [-0.2, 0) is 4.79 Å². The number of thiophene rings is 1. The first-order chi connectivity index (χ1) is 11.1. The molecule has 2 aromatic rings. The fraction of sp³-hybridized carbons (Fsp3) is 0.294. The van der Waals surface area contributed by atoms with Crippen LogP contribution in [0.1, 0.15) is 28.8 Å². The quantitative estimate of drug-likeness (QED) is 0.589. The second kappa shape index (κ2) is 8.74. The van der Waals surface area contributed by atoms with Crippen molar-refractivity contribution in [2.75, 3.05) is 18.1 Å². The highest BCUT2D eigenvalue weighted by Gasteiger charge is 2.13. The molecule has 0 saturated carbocycles. The zero-order chi connectivity index (χ0) is 16.7. The summed E-state index contributed by atoms with van der Waals surface area (Å²) in [7, 11) is 1.58. The third-order valence-electron chi connectivity index (χ3n) is 3.23. The normalized spacial score (nSPS) is 10.3. The Kier molecular flexibility index (Phi) is 6.67. The van der Waals surface area contributed by atoms with Gasteiger partial charge in [-0.3, -0.25) is 9.59 Å². The molecule has 0 saturated heterocycles. The van der Waals surface area contributed by atoms with Gasteiger partial charge in [0.1, 0.15) is 5.00 Å². The van der Waals surface area contributed by atoms with Gasteiger partial charge in [0.05, 0.1) is 5.56 Å². The maximum absolute atomic E-state index is 12.0.